The van der Waals surface area contributed by atoms with Crippen molar-refractivity contribution in [2.24, 2.45) is 0 Å². The number of hydrogen-bond acceptors (Lipinski definition) is 6. The van der Waals surface area contributed by atoms with Crippen LogP contribution in [0.2, 0.25) is 5.02 Å². The highest BCUT2D eigenvalue weighted by atomic mass is 35.5. The highest BCUT2D eigenvalue weighted by Gasteiger charge is 2.20. The number of aromatic nitrogens is 1. The molecule has 6 nitrogen and oxygen atoms in total. The number of hydrogen-bond donors (Lipinski definition) is 1. The van der Waals surface area contributed by atoms with Gasteiger partial charge in [-0.3, -0.25) is 9.62 Å². The van der Waals surface area contributed by atoms with Gasteiger partial charge in [0.2, 0.25) is 0 Å². The van der Waals surface area contributed by atoms with Crippen LogP contribution in [-0.2, 0) is 21.2 Å². The fourth-order valence-electron chi connectivity index (χ4n) is 2.61. The minimum absolute atomic E-state index is 0. The third kappa shape index (κ3) is 5.31. The predicted octanol–water partition coefficient (Wildman–Crippen LogP) is 3.20. The van der Waals surface area contributed by atoms with Gasteiger partial charge in [-0.25, -0.2) is 13.4 Å². The Balaban J connectivity index is 0.00000243. The van der Waals surface area contributed by atoms with Crippen molar-refractivity contribution < 1.29 is 13.2 Å². The van der Waals surface area contributed by atoms with Crippen LogP contribution in [0.4, 0.5) is 5.13 Å². The Morgan fingerprint density at radius 3 is 2.81 bits per heavy atom. The zero-order valence-corrected chi connectivity index (χ0v) is 17.5. The first-order valence-corrected chi connectivity index (χ1v) is 10.7. The molecule has 1 aromatic carbocycles. The molecule has 1 fully saturated rings. The van der Waals surface area contributed by atoms with E-state index in [1.54, 1.807) is 19.1 Å². The van der Waals surface area contributed by atoms with Crippen molar-refractivity contribution in [2.45, 2.75) is 18.2 Å². The number of rotatable bonds is 6. The lowest BCUT2D eigenvalue weighted by atomic mass is 10.2. The van der Waals surface area contributed by atoms with E-state index >= 15 is 0 Å². The van der Waals surface area contributed by atoms with Gasteiger partial charge in [-0.1, -0.05) is 17.7 Å². The van der Waals surface area contributed by atoms with E-state index in [0.717, 1.165) is 45.0 Å². The second-order valence-electron chi connectivity index (χ2n) is 5.82. The monoisotopic (exact) mass is 437 g/mol. The van der Waals surface area contributed by atoms with Crippen LogP contribution < -0.4 is 4.72 Å². The number of benzene rings is 1. The van der Waals surface area contributed by atoms with E-state index in [-0.39, 0.29) is 17.3 Å². The zero-order valence-electron chi connectivity index (χ0n) is 14.3. The van der Waals surface area contributed by atoms with Crippen LogP contribution in [-0.4, -0.2) is 51.1 Å². The van der Waals surface area contributed by atoms with Gasteiger partial charge in [-0.2, -0.15) is 0 Å². The Morgan fingerprint density at radius 1 is 1.35 bits per heavy atom. The maximum Gasteiger partial charge on any atom is 0.263 e. The second-order valence-corrected chi connectivity index (χ2v) is 8.73. The number of anilines is 1. The van der Waals surface area contributed by atoms with Crippen LogP contribution in [0.25, 0.3) is 0 Å². The van der Waals surface area contributed by atoms with Gasteiger partial charge in [0.05, 0.1) is 23.8 Å². The molecule has 1 aliphatic heterocycles. The average Bonchev–Trinajstić information content (AvgIpc) is 3.03. The fraction of sp³-hybridized carbons (Fsp3) is 0.438. The lowest BCUT2D eigenvalue weighted by Crippen LogP contribution is -2.37. The number of sulfonamides is 1. The summed E-state index contributed by atoms with van der Waals surface area (Å²) in [5, 5.41) is 2.69. The van der Waals surface area contributed by atoms with Gasteiger partial charge in [0.25, 0.3) is 10.0 Å². The van der Waals surface area contributed by atoms with Crippen LogP contribution in [0.3, 0.4) is 0 Å². The van der Waals surface area contributed by atoms with E-state index in [1.807, 2.05) is 5.38 Å². The Hall–Kier alpha value is -0.900. The summed E-state index contributed by atoms with van der Waals surface area (Å²) in [4.78, 5) is 6.89. The summed E-state index contributed by atoms with van der Waals surface area (Å²) in [7, 11) is -3.70. The lowest BCUT2D eigenvalue weighted by molar-refractivity contribution is 0.0383. The highest BCUT2D eigenvalue weighted by Crippen LogP contribution is 2.26. The van der Waals surface area contributed by atoms with E-state index in [1.165, 1.54) is 17.4 Å². The molecule has 10 heteroatoms. The third-order valence-electron chi connectivity index (χ3n) is 4.07. The molecule has 0 saturated carbocycles. The number of nitrogens with one attached hydrogen (secondary N) is 1. The van der Waals surface area contributed by atoms with Crippen LogP contribution in [0.1, 0.15) is 11.3 Å². The SMILES string of the molecule is Cc1c(Cl)cccc1S(=O)(=O)Nc1nc(CCN2CCOCC2)cs1.Cl. The molecule has 0 atom stereocenters. The molecule has 26 heavy (non-hydrogen) atoms. The van der Waals surface area contributed by atoms with Crippen molar-refractivity contribution in [3.63, 3.8) is 0 Å². The molecule has 1 saturated heterocycles. The standard InChI is InChI=1S/C16H20ClN3O3S2.ClH/c1-12-14(17)3-2-4-15(12)25(21,22)19-16-18-13(11-24-16)5-6-20-7-9-23-10-8-20;/h2-4,11H,5-10H2,1H3,(H,18,19);1H. The van der Waals surface area contributed by atoms with E-state index < -0.39 is 10.0 Å². The van der Waals surface area contributed by atoms with Gasteiger partial charge in [0, 0.05) is 36.5 Å². The van der Waals surface area contributed by atoms with E-state index in [9.17, 15) is 8.42 Å². The molecule has 0 unspecified atom stereocenters. The van der Waals surface area contributed by atoms with Crippen molar-refractivity contribution >= 4 is 50.5 Å². The summed E-state index contributed by atoms with van der Waals surface area (Å²) in [5.41, 5.74) is 1.41. The minimum Gasteiger partial charge on any atom is -0.379 e. The first-order chi connectivity index (χ1) is 12.0. The molecular weight excluding hydrogens is 417 g/mol. The highest BCUT2D eigenvalue weighted by molar-refractivity contribution is 7.93. The Kier molecular flexibility index (Phi) is 7.69. The molecule has 0 radical (unpaired) electrons. The molecule has 0 spiro atoms. The lowest BCUT2D eigenvalue weighted by Gasteiger charge is -2.26. The first-order valence-electron chi connectivity index (χ1n) is 7.98. The molecule has 1 aliphatic rings. The third-order valence-corrected chi connectivity index (χ3v) is 6.90. The summed E-state index contributed by atoms with van der Waals surface area (Å²) in [6.45, 7) is 5.97. The molecule has 2 heterocycles. The van der Waals surface area contributed by atoms with Crippen LogP contribution >= 0.6 is 35.3 Å². The van der Waals surface area contributed by atoms with Gasteiger partial charge >= 0.3 is 0 Å². The molecule has 3 rings (SSSR count). The van der Waals surface area contributed by atoms with Crippen LogP contribution in [0, 0.1) is 6.92 Å². The zero-order chi connectivity index (χ0) is 17.9. The van der Waals surface area contributed by atoms with Crippen molar-refractivity contribution in [1.82, 2.24) is 9.88 Å². The maximum absolute atomic E-state index is 12.6. The second kappa shape index (κ2) is 9.34. The number of morpholine rings is 1. The van der Waals surface area contributed by atoms with Gasteiger partial charge in [0.15, 0.2) is 5.13 Å². The Labute approximate surface area is 169 Å². The smallest absolute Gasteiger partial charge is 0.263 e. The van der Waals surface area contributed by atoms with Crippen LogP contribution in [0.5, 0.6) is 0 Å². The first kappa shape index (κ1) is 21.4. The van der Waals surface area contributed by atoms with E-state index in [0.29, 0.717) is 15.7 Å². The Morgan fingerprint density at radius 2 is 2.08 bits per heavy atom. The number of halogens is 2. The summed E-state index contributed by atoms with van der Waals surface area (Å²) in [5.74, 6) is 0. The molecule has 0 aliphatic carbocycles. The van der Waals surface area contributed by atoms with Crippen molar-refractivity contribution in [3.05, 3.63) is 39.9 Å². The predicted molar refractivity (Wildman–Crippen MR) is 107 cm³/mol. The van der Waals surface area contributed by atoms with Gasteiger partial charge in [-0.15, -0.1) is 23.7 Å². The summed E-state index contributed by atoms with van der Waals surface area (Å²) in [6, 6.07) is 4.83. The summed E-state index contributed by atoms with van der Waals surface area (Å²) < 4.78 is 33.0. The molecule has 0 amide bonds. The van der Waals surface area contributed by atoms with E-state index in [2.05, 4.69) is 14.6 Å². The molecule has 1 N–H and O–H groups in total. The molecule has 144 valence electrons. The van der Waals surface area contributed by atoms with Gasteiger partial charge in [-0.05, 0) is 24.6 Å². The van der Waals surface area contributed by atoms with Crippen molar-refractivity contribution in [1.29, 1.82) is 0 Å². The minimum atomic E-state index is -3.70. The Bertz CT molecular complexity index is 837. The van der Waals surface area contributed by atoms with Crippen LogP contribution in [0.15, 0.2) is 28.5 Å². The normalized spacial score (nSPS) is 15.5. The van der Waals surface area contributed by atoms with Gasteiger partial charge in [0.1, 0.15) is 0 Å². The molecule has 1 aromatic heterocycles. The van der Waals surface area contributed by atoms with Crippen molar-refractivity contribution in [2.75, 3.05) is 37.6 Å². The summed E-state index contributed by atoms with van der Waals surface area (Å²) in [6.07, 6.45) is 0.786. The summed E-state index contributed by atoms with van der Waals surface area (Å²) >= 11 is 7.31. The molecular formula is C16H21Cl2N3O3S2. The average molecular weight is 438 g/mol. The topological polar surface area (TPSA) is 71.5 Å². The number of thiazole rings is 1. The fourth-order valence-corrected chi connectivity index (χ4v) is 5.11. The largest absolute Gasteiger partial charge is 0.379 e. The number of nitrogens with zero attached hydrogens (tertiary/aromatic N) is 2. The van der Waals surface area contributed by atoms with Crippen molar-refractivity contribution in [3.8, 4) is 0 Å². The molecule has 2 aromatic rings. The molecule has 0 bridgehead atoms. The quantitative estimate of drug-likeness (QED) is 0.750. The van der Waals surface area contributed by atoms with Gasteiger partial charge < -0.3 is 4.74 Å². The maximum atomic E-state index is 12.6. The van der Waals surface area contributed by atoms with E-state index in [4.69, 9.17) is 16.3 Å². The number of ether oxygens (including phenoxy) is 1.